The van der Waals surface area contributed by atoms with Crippen LogP contribution in [0.3, 0.4) is 0 Å². The Morgan fingerprint density at radius 2 is 0.586 bits per heavy atom. The number of allylic oxidation sites excluding steroid dienone is 24. The van der Waals surface area contributed by atoms with Crippen molar-refractivity contribution < 1.29 is 28.6 Å². The van der Waals surface area contributed by atoms with E-state index in [-0.39, 0.29) is 37.5 Å². The standard InChI is InChI=1S/C64H100O6/c1-4-7-10-13-16-19-22-25-28-31-32-34-36-39-42-45-48-51-54-57-63(66)69-60-61(59-68-62(65)56-53-50-47-44-41-38-35-30-27-24-21-18-15-12-9-6-3)70-64(67)58-55-52-49-46-43-40-37-33-29-26-23-20-17-14-11-8-5-2/h7-12,14,16-21,23,25-30,33,37,40,43,61H,4-6,13,15,22,24,31-32,34-36,38-39,41-42,44-60H2,1-3H3/b10-7-,11-8-,12-9-,17-14-,19-16-,21-18-,23-20-,28-25-,29-26-,30-27-,37-33+,43-40-. The van der Waals surface area contributed by atoms with Crippen LogP contribution in [0.1, 0.15) is 220 Å². The Bertz CT molecular complexity index is 1580. The highest BCUT2D eigenvalue weighted by molar-refractivity contribution is 5.71. The summed E-state index contributed by atoms with van der Waals surface area (Å²) in [5.41, 5.74) is 0. The molecule has 0 fully saturated rings. The average Bonchev–Trinajstić information content (AvgIpc) is 3.36. The summed E-state index contributed by atoms with van der Waals surface area (Å²) >= 11 is 0. The van der Waals surface area contributed by atoms with Gasteiger partial charge in [-0.15, -0.1) is 0 Å². The largest absolute Gasteiger partial charge is 0.462 e. The second kappa shape index (κ2) is 56.9. The summed E-state index contributed by atoms with van der Waals surface area (Å²) < 4.78 is 16.8. The Labute approximate surface area is 429 Å². The maximum Gasteiger partial charge on any atom is 0.306 e. The first kappa shape index (κ1) is 65.3. The minimum absolute atomic E-state index is 0.109. The number of carbonyl (C=O) groups excluding carboxylic acids is 3. The van der Waals surface area contributed by atoms with Crippen LogP contribution in [0.4, 0.5) is 0 Å². The molecule has 0 aliphatic carbocycles. The van der Waals surface area contributed by atoms with Crippen LogP contribution in [0.5, 0.6) is 0 Å². The summed E-state index contributed by atoms with van der Waals surface area (Å²) in [5.74, 6) is -0.979. The maximum absolute atomic E-state index is 12.8. The third-order valence-corrected chi connectivity index (χ3v) is 11.2. The highest BCUT2D eigenvalue weighted by atomic mass is 16.6. The molecule has 0 bridgehead atoms. The Balaban J connectivity index is 4.52. The molecule has 70 heavy (non-hydrogen) atoms. The number of esters is 3. The van der Waals surface area contributed by atoms with Crippen LogP contribution in [0, 0.1) is 0 Å². The summed E-state index contributed by atoms with van der Waals surface area (Å²) in [6.45, 7) is 6.21. The zero-order valence-electron chi connectivity index (χ0n) is 44.7. The second-order valence-corrected chi connectivity index (χ2v) is 17.8. The fourth-order valence-electron chi connectivity index (χ4n) is 7.15. The molecule has 0 saturated heterocycles. The zero-order chi connectivity index (χ0) is 50.7. The molecular weight excluding hydrogens is 865 g/mol. The molecule has 0 aromatic carbocycles. The number of rotatable bonds is 48. The summed E-state index contributed by atoms with van der Waals surface area (Å²) in [6.07, 6.45) is 81.1. The van der Waals surface area contributed by atoms with Gasteiger partial charge < -0.3 is 14.2 Å². The number of carbonyl (C=O) groups is 3. The predicted molar refractivity (Wildman–Crippen MR) is 302 cm³/mol. The lowest BCUT2D eigenvalue weighted by atomic mass is 10.1. The topological polar surface area (TPSA) is 78.9 Å². The molecule has 0 saturated carbocycles. The van der Waals surface area contributed by atoms with Gasteiger partial charge in [-0.25, -0.2) is 0 Å². The van der Waals surface area contributed by atoms with E-state index in [0.717, 1.165) is 122 Å². The summed E-state index contributed by atoms with van der Waals surface area (Å²) in [6, 6.07) is 0. The van der Waals surface area contributed by atoms with Gasteiger partial charge in [-0.3, -0.25) is 14.4 Å². The van der Waals surface area contributed by atoms with E-state index in [1.165, 1.54) is 51.4 Å². The van der Waals surface area contributed by atoms with Gasteiger partial charge in [0.05, 0.1) is 0 Å². The lowest BCUT2D eigenvalue weighted by molar-refractivity contribution is -0.167. The van der Waals surface area contributed by atoms with Gasteiger partial charge >= 0.3 is 17.9 Å². The summed E-state index contributed by atoms with van der Waals surface area (Å²) in [4.78, 5) is 38.2. The Hall–Kier alpha value is -4.71. The minimum Gasteiger partial charge on any atom is -0.462 e. The SMILES string of the molecule is CC\C=C/C=C\C=C/C=C\C=C\C=C/CCCCCC(=O)OC(COC(=O)CCCCCCCC/C=C\C/C=C\C/C=C\CC)COC(=O)CCCCCCCCCCC/C=C\C/C=C\C/C=C\CC. The molecule has 1 unspecified atom stereocenters. The van der Waals surface area contributed by atoms with Gasteiger partial charge in [0.25, 0.3) is 0 Å². The summed E-state index contributed by atoms with van der Waals surface area (Å²) in [7, 11) is 0. The molecule has 0 radical (unpaired) electrons. The van der Waals surface area contributed by atoms with Gasteiger partial charge in [0.2, 0.25) is 0 Å². The molecule has 392 valence electrons. The molecule has 1 atom stereocenters. The first-order valence-corrected chi connectivity index (χ1v) is 27.9. The molecule has 0 rings (SSSR count). The molecule has 0 N–H and O–H groups in total. The average molecular weight is 965 g/mol. The number of ether oxygens (including phenoxy) is 3. The Morgan fingerprint density at radius 3 is 0.986 bits per heavy atom. The second-order valence-electron chi connectivity index (χ2n) is 17.8. The van der Waals surface area contributed by atoms with E-state index >= 15 is 0 Å². The number of unbranched alkanes of at least 4 members (excludes halogenated alkanes) is 18. The normalized spacial score (nSPS) is 13.2. The van der Waals surface area contributed by atoms with Crippen molar-refractivity contribution in [1.29, 1.82) is 0 Å². The van der Waals surface area contributed by atoms with Crippen LogP contribution >= 0.6 is 0 Å². The number of hydrogen-bond donors (Lipinski definition) is 0. The smallest absolute Gasteiger partial charge is 0.306 e. The van der Waals surface area contributed by atoms with Gasteiger partial charge in [-0.05, 0) is 103 Å². The van der Waals surface area contributed by atoms with Crippen molar-refractivity contribution in [3.8, 4) is 0 Å². The first-order valence-electron chi connectivity index (χ1n) is 27.9. The fourth-order valence-corrected chi connectivity index (χ4v) is 7.15. The molecule has 0 aliphatic rings. The first-order chi connectivity index (χ1) is 34.5. The molecule has 0 spiro atoms. The van der Waals surface area contributed by atoms with E-state index in [2.05, 4.69) is 106 Å². The minimum atomic E-state index is -0.816. The maximum atomic E-state index is 12.8. The Morgan fingerprint density at radius 1 is 0.300 bits per heavy atom. The van der Waals surface area contributed by atoms with E-state index < -0.39 is 6.10 Å². The van der Waals surface area contributed by atoms with Gasteiger partial charge in [0.15, 0.2) is 6.10 Å². The van der Waals surface area contributed by atoms with Gasteiger partial charge in [-0.2, -0.15) is 0 Å². The number of hydrogen-bond acceptors (Lipinski definition) is 6. The summed E-state index contributed by atoms with van der Waals surface area (Å²) in [5, 5.41) is 0. The molecule has 6 heteroatoms. The Kier molecular flexibility index (Phi) is 53.0. The highest BCUT2D eigenvalue weighted by Gasteiger charge is 2.19. The van der Waals surface area contributed by atoms with Crippen LogP contribution in [-0.2, 0) is 28.6 Å². The molecule has 0 aromatic heterocycles. The van der Waals surface area contributed by atoms with Crippen LogP contribution < -0.4 is 0 Å². The van der Waals surface area contributed by atoms with Crippen LogP contribution in [-0.4, -0.2) is 37.2 Å². The third-order valence-electron chi connectivity index (χ3n) is 11.2. The van der Waals surface area contributed by atoms with Gasteiger partial charge in [0.1, 0.15) is 13.2 Å². The van der Waals surface area contributed by atoms with E-state index in [4.69, 9.17) is 14.2 Å². The monoisotopic (exact) mass is 965 g/mol. The van der Waals surface area contributed by atoms with Crippen molar-refractivity contribution in [1.82, 2.24) is 0 Å². The van der Waals surface area contributed by atoms with Crippen molar-refractivity contribution in [3.05, 3.63) is 146 Å². The van der Waals surface area contributed by atoms with E-state index in [9.17, 15) is 14.4 Å². The van der Waals surface area contributed by atoms with Crippen LogP contribution in [0.25, 0.3) is 0 Å². The van der Waals surface area contributed by atoms with Crippen molar-refractivity contribution in [2.24, 2.45) is 0 Å². The van der Waals surface area contributed by atoms with Crippen LogP contribution in [0.15, 0.2) is 146 Å². The van der Waals surface area contributed by atoms with Crippen molar-refractivity contribution in [3.63, 3.8) is 0 Å². The molecule has 0 heterocycles. The van der Waals surface area contributed by atoms with E-state index in [0.29, 0.717) is 19.3 Å². The molecule has 6 nitrogen and oxygen atoms in total. The van der Waals surface area contributed by atoms with E-state index in [1.54, 1.807) is 0 Å². The zero-order valence-corrected chi connectivity index (χ0v) is 44.7. The molecule has 0 amide bonds. The quantitative estimate of drug-likeness (QED) is 0.0199. The van der Waals surface area contributed by atoms with Gasteiger partial charge in [0, 0.05) is 19.3 Å². The van der Waals surface area contributed by atoms with Crippen molar-refractivity contribution >= 4 is 17.9 Å². The molecule has 0 aliphatic heterocycles. The predicted octanol–water partition coefficient (Wildman–Crippen LogP) is 18.8. The molecule has 0 aromatic rings. The van der Waals surface area contributed by atoms with E-state index in [1.807, 2.05) is 60.8 Å². The van der Waals surface area contributed by atoms with Crippen LogP contribution in [0.2, 0.25) is 0 Å². The fraction of sp³-hybridized carbons (Fsp3) is 0.578. The molecular formula is C64H100O6. The lowest BCUT2D eigenvalue weighted by Crippen LogP contribution is -2.30. The van der Waals surface area contributed by atoms with Crippen molar-refractivity contribution in [2.45, 2.75) is 226 Å². The van der Waals surface area contributed by atoms with Gasteiger partial charge in [-0.1, -0.05) is 244 Å². The highest BCUT2D eigenvalue weighted by Crippen LogP contribution is 2.14. The third kappa shape index (κ3) is 54.2. The van der Waals surface area contributed by atoms with Crippen molar-refractivity contribution in [2.75, 3.05) is 13.2 Å². The lowest BCUT2D eigenvalue weighted by Gasteiger charge is -2.18.